The summed E-state index contributed by atoms with van der Waals surface area (Å²) in [5.74, 6) is 0.106. The topological polar surface area (TPSA) is 88.9 Å². The van der Waals surface area contributed by atoms with Gasteiger partial charge >= 0.3 is 5.97 Å². The third-order valence-electron chi connectivity index (χ3n) is 5.92. The van der Waals surface area contributed by atoms with E-state index in [0.29, 0.717) is 36.7 Å². The van der Waals surface area contributed by atoms with Crippen molar-refractivity contribution >= 4 is 16.9 Å². The molecule has 0 fully saturated rings. The Morgan fingerprint density at radius 3 is 2.79 bits per heavy atom. The summed E-state index contributed by atoms with van der Waals surface area (Å²) < 4.78 is 11.9. The van der Waals surface area contributed by atoms with E-state index in [1.165, 1.54) is 0 Å². The maximum absolute atomic E-state index is 11.2. The maximum Gasteiger partial charge on any atom is 0.335 e. The Bertz CT molecular complexity index is 1320. The normalized spacial score (nSPS) is 17.2. The Kier molecular flexibility index (Phi) is 5.67. The second-order valence-electron chi connectivity index (χ2n) is 8.21. The van der Waals surface area contributed by atoms with Crippen molar-refractivity contribution in [2.75, 3.05) is 6.61 Å². The van der Waals surface area contributed by atoms with Crippen molar-refractivity contribution in [3.8, 4) is 11.5 Å². The number of aromatic nitrogens is 1. The number of hydrogen-bond acceptors (Lipinski definition) is 5. The fraction of sp³-hybridized carbons (Fsp3) is 0.185. The van der Waals surface area contributed by atoms with Crippen LogP contribution in [-0.4, -0.2) is 27.8 Å². The van der Waals surface area contributed by atoms with Gasteiger partial charge in [0.25, 0.3) is 0 Å². The lowest BCUT2D eigenvalue weighted by atomic mass is 9.88. The van der Waals surface area contributed by atoms with Gasteiger partial charge in [-0.25, -0.2) is 9.78 Å². The number of carboxylic acid groups (broad SMARTS) is 1. The highest BCUT2D eigenvalue weighted by molar-refractivity contribution is 5.87. The van der Waals surface area contributed by atoms with E-state index in [1.807, 2.05) is 54.6 Å². The molecule has 6 heteroatoms. The van der Waals surface area contributed by atoms with Gasteiger partial charge in [0, 0.05) is 22.9 Å². The van der Waals surface area contributed by atoms with Gasteiger partial charge in [0.05, 0.1) is 29.5 Å². The summed E-state index contributed by atoms with van der Waals surface area (Å²) in [5, 5.41) is 21.2. The first-order valence-electron chi connectivity index (χ1n) is 10.8. The lowest BCUT2D eigenvalue weighted by Crippen LogP contribution is -2.27. The van der Waals surface area contributed by atoms with E-state index in [-0.39, 0.29) is 11.5 Å². The Morgan fingerprint density at radius 1 is 1.03 bits per heavy atom. The van der Waals surface area contributed by atoms with E-state index in [2.05, 4.69) is 4.98 Å². The van der Waals surface area contributed by atoms with E-state index in [1.54, 1.807) is 24.3 Å². The molecule has 0 saturated heterocycles. The molecule has 0 amide bonds. The van der Waals surface area contributed by atoms with E-state index in [0.717, 1.165) is 22.2 Å². The second kappa shape index (κ2) is 8.92. The molecule has 2 atom stereocenters. The number of pyridine rings is 1. The zero-order valence-corrected chi connectivity index (χ0v) is 17.8. The minimum absolute atomic E-state index is 0.171. The van der Waals surface area contributed by atoms with Gasteiger partial charge < -0.3 is 19.7 Å². The molecule has 1 aliphatic heterocycles. The second-order valence-corrected chi connectivity index (χ2v) is 8.21. The fourth-order valence-corrected chi connectivity index (χ4v) is 4.17. The van der Waals surface area contributed by atoms with Crippen molar-refractivity contribution in [1.29, 1.82) is 0 Å². The number of carbonyl (C=O) groups is 1. The zero-order valence-electron chi connectivity index (χ0n) is 17.8. The van der Waals surface area contributed by atoms with Gasteiger partial charge in [0.1, 0.15) is 18.1 Å². The van der Waals surface area contributed by atoms with Crippen molar-refractivity contribution in [3.05, 3.63) is 101 Å². The molecule has 1 aromatic heterocycles. The fourth-order valence-electron chi connectivity index (χ4n) is 4.17. The van der Waals surface area contributed by atoms with Gasteiger partial charge in [0.15, 0.2) is 0 Å². The minimum Gasteiger partial charge on any atom is -0.493 e. The van der Waals surface area contributed by atoms with Crippen LogP contribution >= 0.6 is 0 Å². The molecule has 0 bridgehead atoms. The quantitative estimate of drug-likeness (QED) is 0.447. The van der Waals surface area contributed by atoms with Gasteiger partial charge in [-0.1, -0.05) is 36.4 Å². The van der Waals surface area contributed by atoms with Gasteiger partial charge in [-0.05, 0) is 48.4 Å². The number of aliphatic hydroxyl groups is 1. The summed E-state index contributed by atoms with van der Waals surface area (Å²) >= 11 is 0. The Morgan fingerprint density at radius 2 is 1.91 bits per heavy atom. The van der Waals surface area contributed by atoms with E-state index < -0.39 is 12.1 Å². The SMILES string of the molecule is O=C(O)c1cccc(CC2COc3cc(OCc4ccc5ccccc5n4)ccc3C2O)c1. The van der Waals surface area contributed by atoms with Gasteiger partial charge in [-0.3, -0.25) is 0 Å². The van der Waals surface area contributed by atoms with Crippen LogP contribution in [0.2, 0.25) is 0 Å². The molecule has 1 aliphatic rings. The number of rotatable bonds is 6. The van der Waals surface area contributed by atoms with E-state index in [9.17, 15) is 15.0 Å². The predicted molar refractivity (Wildman–Crippen MR) is 124 cm³/mol. The zero-order chi connectivity index (χ0) is 22.8. The van der Waals surface area contributed by atoms with Crippen LogP contribution < -0.4 is 9.47 Å². The number of nitrogens with zero attached hydrogens (tertiary/aromatic N) is 1. The number of benzene rings is 3. The lowest BCUT2D eigenvalue weighted by molar-refractivity contribution is 0.0505. The van der Waals surface area contributed by atoms with Crippen LogP contribution in [0.25, 0.3) is 10.9 Å². The molecule has 0 saturated carbocycles. The summed E-state index contributed by atoms with van der Waals surface area (Å²) in [6.07, 6.45) is -0.188. The van der Waals surface area contributed by atoms with Gasteiger partial charge in [-0.15, -0.1) is 0 Å². The van der Waals surface area contributed by atoms with Crippen LogP contribution in [0, 0.1) is 5.92 Å². The van der Waals surface area contributed by atoms with E-state index in [4.69, 9.17) is 9.47 Å². The highest BCUT2D eigenvalue weighted by Gasteiger charge is 2.30. The standard InChI is InChI=1S/C27H23NO5/c29-26-20(13-17-4-3-6-19(12-17)27(30)31)15-33-25-14-22(10-11-23(25)26)32-16-21-9-8-18-5-1-2-7-24(18)28-21/h1-12,14,20,26,29H,13,15-16H2,(H,30,31). The van der Waals surface area contributed by atoms with Gasteiger partial charge in [-0.2, -0.15) is 0 Å². The molecule has 4 aromatic rings. The van der Waals surface area contributed by atoms with Crippen LogP contribution in [0.15, 0.2) is 78.9 Å². The van der Waals surface area contributed by atoms with Crippen LogP contribution in [0.3, 0.4) is 0 Å². The van der Waals surface area contributed by atoms with Gasteiger partial charge in [0.2, 0.25) is 0 Å². The number of hydrogen-bond donors (Lipinski definition) is 2. The van der Waals surface area contributed by atoms with Crippen molar-refractivity contribution in [3.63, 3.8) is 0 Å². The van der Waals surface area contributed by atoms with Crippen LogP contribution in [-0.2, 0) is 13.0 Å². The molecule has 2 unspecified atom stereocenters. The third-order valence-corrected chi connectivity index (χ3v) is 5.92. The largest absolute Gasteiger partial charge is 0.493 e. The van der Waals surface area contributed by atoms with Crippen molar-refractivity contribution in [2.24, 2.45) is 5.92 Å². The number of carboxylic acids is 1. The van der Waals surface area contributed by atoms with Crippen LogP contribution in [0.5, 0.6) is 11.5 Å². The van der Waals surface area contributed by atoms with Crippen molar-refractivity contribution in [2.45, 2.75) is 19.1 Å². The summed E-state index contributed by atoms with van der Waals surface area (Å²) in [7, 11) is 0. The maximum atomic E-state index is 11.2. The average molecular weight is 441 g/mol. The van der Waals surface area contributed by atoms with Crippen molar-refractivity contribution < 1.29 is 24.5 Å². The average Bonchev–Trinajstić information content (AvgIpc) is 2.84. The Hall–Kier alpha value is -3.90. The first-order valence-corrected chi connectivity index (χ1v) is 10.8. The summed E-state index contributed by atoms with van der Waals surface area (Å²) in [5.41, 5.74) is 3.55. The molecular weight excluding hydrogens is 418 g/mol. The molecular formula is C27H23NO5. The third kappa shape index (κ3) is 4.52. The molecule has 0 radical (unpaired) electrons. The molecule has 6 nitrogen and oxygen atoms in total. The number of aliphatic hydroxyl groups excluding tert-OH is 1. The number of aromatic carboxylic acids is 1. The molecule has 0 spiro atoms. The highest BCUT2D eigenvalue weighted by Crippen LogP contribution is 2.39. The number of ether oxygens (including phenoxy) is 2. The molecule has 2 N–H and O–H groups in total. The first kappa shape index (κ1) is 21.0. The predicted octanol–water partition coefficient (Wildman–Crippen LogP) is 4.80. The Balaban J connectivity index is 1.26. The molecule has 0 aliphatic carbocycles. The van der Waals surface area contributed by atoms with E-state index >= 15 is 0 Å². The lowest BCUT2D eigenvalue weighted by Gasteiger charge is -2.30. The number of fused-ring (bicyclic) bond motifs is 2. The van der Waals surface area contributed by atoms with Crippen LogP contribution in [0.1, 0.15) is 33.3 Å². The molecule has 3 aromatic carbocycles. The monoisotopic (exact) mass is 441 g/mol. The summed E-state index contributed by atoms with van der Waals surface area (Å²) in [6.45, 7) is 0.663. The Labute approximate surface area is 191 Å². The summed E-state index contributed by atoms with van der Waals surface area (Å²) in [6, 6.07) is 24.1. The smallest absolute Gasteiger partial charge is 0.335 e. The van der Waals surface area contributed by atoms with Crippen molar-refractivity contribution in [1.82, 2.24) is 4.98 Å². The van der Waals surface area contributed by atoms with Crippen LogP contribution in [0.4, 0.5) is 0 Å². The minimum atomic E-state index is -0.964. The molecule has 166 valence electrons. The molecule has 2 heterocycles. The highest BCUT2D eigenvalue weighted by atomic mass is 16.5. The molecule has 33 heavy (non-hydrogen) atoms. The molecule has 5 rings (SSSR count). The first-order chi connectivity index (χ1) is 16.1. The number of para-hydroxylation sites is 1. The summed E-state index contributed by atoms with van der Waals surface area (Å²) in [4.78, 5) is 15.8.